The van der Waals surface area contributed by atoms with Crippen molar-refractivity contribution in [2.45, 2.75) is 96.1 Å². The van der Waals surface area contributed by atoms with Crippen LogP contribution in [0.4, 0.5) is 0 Å². The van der Waals surface area contributed by atoms with E-state index in [1.165, 1.54) is 39.0 Å². The highest BCUT2D eigenvalue weighted by molar-refractivity contribution is 5.91. The third-order valence-corrected chi connectivity index (χ3v) is 6.85. The van der Waals surface area contributed by atoms with Gasteiger partial charge in [0.25, 0.3) is 0 Å². The minimum absolute atomic E-state index is 0.0730. The monoisotopic (exact) mass is 334 g/mol. The number of carbonyl (C=O) groups is 2. The molecule has 4 nitrogen and oxygen atoms in total. The van der Waals surface area contributed by atoms with Gasteiger partial charge in [-0.1, -0.05) is 32.6 Å². The molecule has 3 unspecified atom stereocenters. The Labute approximate surface area is 146 Å². The molecule has 0 aromatic carbocycles. The van der Waals surface area contributed by atoms with Gasteiger partial charge in [-0.2, -0.15) is 0 Å². The Morgan fingerprint density at radius 3 is 2.25 bits per heavy atom. The van der Waals surface area contributed by atoms with Crippen LogP contribution in [-0.4, -0.2) is 23.4 Å². The number of hydrogen-bond acceptors (Lipinski definition) is 2. The van der Waals surface area contributed by atoms with Crippen LogP contribution in [0.3, 0.4) is 0 Å². The van der Waals surface area contributed by atoms with Gasteiger partial charge >= 0.3 is 0 Å². The zero-order valence-corrected chi connectivity index (χ0v) is 15.4. The van der Waals surface area contributed by atoms with Gasteiger partial charge in [-0.15, -0.1) is 0 Å². The number of hydrogen-bond donors (Lipinski definition) is 2. The Morgan fingerprint density at radius 2 is 1.58 bits per heavy atom. The Morgan fingerprint density at radius 1 is 0.917 bits per heavy atom. The molecule has 2 N–H and O–H groups in total. The van der Waals surface area contributed by atoms with E-state index in [-0.39, 0.29) is 11.8 Å². The van der Waals surface area contributed by atoms with Gasteiger partial charge in [-0.3, -0.25) is 9.59 Å². The molecule has 3 saturated carbocycles. The summed E-state index contributed by atoms with van der Waals surface area (Å²) < 4.78 is 0. The van der Waals surface area contributed by atoms with Crippen LogP contribution in [0.25, 0.3) is 0 Å². The van der Waals surface area contributed by atoms with Gasteiger partial charge in [-0.05, 0) is 62.7 Å². The van der Waals surface area contributed by atoms with E-state index < -0.39 is 5.54 Å². The molecule has 3 aliphatic rings. The van der Waals surface area contributed by atoms with Gasteiger partial charge in [0.2, 0.25) is 11.8 Å². The van der Waals surface area contributed by atoms with Crippen LogP contribution in [0.15, 0.2) is 0 Å². The third kappa shape index (κ3) is 3.94. The highest BCUT2D eigenvalue weighted by Gasteiger charge is 2.43. The molecule has 0 aliphatic heterocycles. The minimum Gasteiger partial charge on any atom is -0.351 e. The number of rotatable bonds is 3. The summed E-state index contributed by atoms with van der Waals surface area (Å²) in [6.45, 7) is 3.76. The van der Waals surface area contributed by atoms with Crippen LogP contribution >= 0.6 is 0 Å². The molecular formula is C20H34N2O2. The summed E-state index contributed by atoms with van der Waals surface area (Å²) in [4.78, 5) is 24.8. The zero-order valence-electron chi connectivity index (χ0n) is 15.4. The molecule has 3 aliphatic carbocycles. The lowest BCUT2D eigenvalue weighted by Gasteiger charge is -2.42. The van der Waals surface area contributed by atoms with Crippen LogP contribution < -0.4 is 10.6 Å². The predicted molar refractivity (Wildman–Crippen MR) is 95.4 cm³/mol. The molecule has 2 amide bonds. The summed E-state index contributed by atoms with van der Waals surface area (Å²) in [7, 11) is 0. The SMILES string of the molecule is CC(=O)NC1(C(=O)NC2CCC3CCCCC3C2)CCC(C)CC1. The van der Waals surface area contributed by atoms with Gasteiger partial charge in [-0.25, -0.2) is 0 Å². The maximum Gasteiger partial charge on any atom is 0.245 e. The van der Waals surface area contributed by atoms with Gasteiger partial charge in [0.1, 0.15) is 5.54 Å². The highest BCUT2D eigenvalue weighted by atomic mass is 16.2. The first-order valence-corrected chi connectivity index (χ1v) is 10.1. The summed E-state index contributed by atoms with van der Waals surface area (Å²) in [5, 5.41) is 6.34. The number of carbonyl (C=O) groups excluding carboxylic acids is 2. The zero-order chi connectivity index (χ0) is 17.2. The van der Waals surface area contributed by atoms with E-state index in [0.29, 0.717) is 12.0 Å². The first kappa shape index (κ1) is 17.8. The van der Waals surface area contributed by atoms with Gasteiger partial charge in [0, 0.05) is 13.0 Å². The lowest BCUT2D eigenvalue weighted by molar-refractivity contribution is -0.135. The van der Waals surface area contributed by atoms with Crippen molar-refractivity contribution >= 4 is 11.8 Å². The van der Waals surface area contributed by atoms with Crippen molar-refractivity contribution in [3.05, 3.63) is 0 Å². The van der Waals surface area contributed by atoms with Crippen LogP contribution in [0.5, 0.6) is 0 Å². The summed E-state index contributed by atoms with van der Waals surface area (Å²) in [5.74, 6) is 2.34. The van der Waals surface area contributed by atoms with Crippen molar-refractivity contribution in [2.75, 3.05) is 0 Å². The van der Waals surface area contributed by atoms with Crippen molar-refractivity contribution < 1.29 is 9.59 Å². The van der Waals surface area contributed by atoms with Crippen LogP contribution in [0.1, 0.15) is 84.5 Å². The molecule has 0 radical (unpaired) electrons. The number of fused-ring (bicyclic) bond motifs is 1. The van der Waals surface area contributed by atoms with E-state index in [1.807, 2.05) is 0 Å². The van der Waals surface area contributed by atoms with E-state index >= 15 is 0 Å². The van der Waals surface area contributed by atoms with Crippen LogP contribution in [0.2, 0.25) is 0 Å². The van der Waals surface area contributed by atoms with E-state index in [1.54, 1.807) is 0 Å². The van der Waals surface area contributed by atoms with Crippen LogP contribution in [-0.2, 0) is 9.59 Å². The molecule has 3 fully saturated rings. The Kier molecular flexibility index (Phi) is 5.51. The summed E-state index contributed by atoms with van der Waals surface area (Å²) in [6, 6.07) is 0.307. The second-order valence-corrected chi connectivity index (χ2v) is 8.73. The fourth-order valence-electron chi connectivity index (χ4n) is 5.33. The molecule has 0 saturated heterocycles. The van der Waals surface area contributed by atoms with Gasteiger partial charge < -0.3 is 10.6 Å². The topological polar surface area (TPSA) is 58.2 Å². The van der Waals surface area contributed by atoms with E-state index in [9.17, 15) is 9.59 Å². The predicted octanol–water partition coefficient (Wildman–Crippen LogP) is 3.55. The second kappa shape index (κ2) is 7.45. The van der Waals surface area contributed by atoms with Crippen molar-refractivity contribution in [1.82, 2.24) is 10.6 Å². The summed E-state index contributed by atoms with van der Waals surface area (Å²) >= 11 is 0. The Hall–Kier alpha value is -1.06. The normalized spacial score (nSPS) is 39.6. The summed E-state index contributed by atoms with van der Waals surface area (Å²) in [5.41, 5.74) is -0.665. The standard InChI is InChI=1S/C20H34N2O2/c1-14-9-11-20(12-10-14,22-15(2)23)19(24)21-18-8-7-16-5-3-4-6-17(16)13-18/h14,16-18H,3-13H2,1-2H3,(H,21,24)(H,22,23). The summed E-state index contributed by atoms with van der Waals surface area (Å²) in [6.07, 6.45) is 12.6. The lowest BCUT2D eigenvalue weighted by atomic mass is 9.69. The first-order valence-electron chi connectivity index (χ1n) is 10.1. The molecule has 4 heteroatoms. The average Bonchev–Trinajstić information content (AvgIpc) is 2.56. The number of nitrogens with one attached hydrogen (secondary N) is 2. The number of amides is 2. The Bertz CT molecular complexity index is 468. The molecule has 0 heterocycles. The molecule has 0 aromatic heterocycles. The van der Waals surface area contributed by atoms with Gasteiger partial charge in [0.15, 0.2) is 0 Å². The van der Waals surface area contributed by atoms with Crippen molar-refractivity contribution in [3.63, 3.8) is 0 Å². The van der Waals surface area contributed by atoms with Gasteiger partial charge in [0.05, 0.1) is 0 Å². The second-order valence-electron chi connectivity index (χ2n) is 8.73. The molecule has 0 bridgehead atoms. The molecule has 136 valence electrons. The average molecular weight is 335 g/mol. The lowest BCUT2D eigenvalue weighted by Crippen LogP contribution is -2.61. The van der Waals surface area contributed by atoms with Crippen molar-refractivity contribution in [1.29, 1.82) is 0 Å². The highest BCUT2D eigenvalue weighted by Crippen LogP contribution is 2.41. The molecule has 3 rings (SSSR count). The fourth-order valence-corrected chi connectivity index (χ4v) is 5.33. The molecule has 0 spiro atoms. The maximum atomic E-state index is 13.1. The largest absolute Gasteiger partial charge is 0.351 e. The quantitative estimate of drug-likeness (QED) is 0.829. The van der Waals surface area contributed by atoms with E-state index in [2.05, 4.69) is 17.6 Å². The third-order valence-electron chi connectivity index (χ3n) is 6.85. The first-order chi connectivity index (χ1) is 11.5. The Balaban J connectivity index is 1.62. The van der Waals surface area contributed by atoms with E-state index in [0.717, 1.165) is 50.4 Å². The van der Waals surface area contributed by atoms with Crippen molar-refractivity contribution in [2.24, 2.45) is 17.8 Å². The van der Waals surface area contributed by atoms with Crippen LogP contribution in [0, 0.1) is 17.8 Å². The van der Waals surface area contributed by atoms with Crippen molar-refractivity contribution in [3.8, 4) is 0 Å². The molecule has 0 aromatic rings. The fraction of sp³-hybridized carbons (Fsp3) is 0.900. The van der Waals surface area contributed by atoms with E-state index in [4.69, 9.17) is 0 Å². The minimum atomic E-state index is -0.665. The molecule has 24 heavy (non-hydrogen) atoms. The molecular weight excluding hydrogens is 300 g/mol. The smallest absolute Gasteiger partial charge is 0.245 e. The molecule has 3 atom stereocenters. The maximum absolute atomic E-state index is 13.1.